The van der Waals surface area contributed by atoms with Gasteiger partial charge in [0.1, 0.15) is 17.1 Å². The van der Waals surface area contributed by atoms with Crippen LogP contribution in [0.25, 0.3) is 10.9 Å². The molecule has 0 unspecified atom stereocenters. The zero-order valence-corrected chi connectivity index (χ0v) is 16.4. The molecule has 0 aliphatic rings. The summed E-state index contributed by atoms with van der Waals surface area (Å²) in [4.78, 5) is 19.1. The molecule has 3 aromatic rings. The first kappa shape index (κ1) is 19.1. The van der Waals surface area contributed by atoms with Gasteiger partial charge in [-0.2, -0.15) is 0 Å². The summed E-state index contributed by atoms with van der Waals surface area (Å²) in [5, 5.41) is 4.12. The number of aryl methyl sites for hydroxylation is 1. The van der Waals surface area contributed by atoms with Gasteiger partial charge in [-0.15, -0.1) is 0 Å². The van der Waals surface area contributed by atoms with Crippen molar-refractivity contribution in [3.63, 3.8) is 0 Å². The van der Waals surface area contributed by atoms with Crippen molar-refractivity contribution in [1.29, 1.82) is 0 Å². The van der Waals surface area contributed by atoms with E-state index in [-0.39, 0.29) is 6.61 Å². The summed E-state index contributed by atoms with van der Waals surface area (Å²) in [6.07, 6.45) is 1.17. The minimum atomic E-state index is -0.536. The maximum absolute atomic E-state index is 11.8. The molecule has 0 aliphatic carbocycles. The summed E-state index contributed by atoms with van der Waals surface area (Å²) >= 11 is 6.30. The second-order valence-corrected chi connectivity index (χ2v) is 7.58. The maximum atomic E-state index is 11.8. The summed E-state index contributed by atoms with van der Waals surface area (Å²) in [6, 6.07) is 5.53. The first-order valence-corrected chi connectivity index (χ1v) is 8.89. The van der Waals surface area contributed by atoms with Gasteiger partial charge in [-0.1, -0.05) is 11.6 Å². The van der Waals surface area contributed by atoms with Crippen molar-refractivity contribution in [3.05, 3.63) is 46.8 Å². The molecule has 3 rings (SSSR count). The number of nitrogens with one attached hydrogen (secondary N) is 2. The Morgan fingerprint density at radius 1 is 1.33 bits per heavy atom. The van der Waals surface area contributed by atoms with Gasteiger partial charge in [0.05, 0.1) is 17.8 Å². The van der Waals surface area contributed by atoms with E-state index in [0.717, 1.165) is 22.4 Å². The number of aromatic amines is 1. The van der Waals surface area contributed by atoms with E-state index in [1.165, 1.54) is 0 Å². The molecule has 0 bridgehead atoms. The molecule has 0 saturated heterocycles. The highest BCUT2D eigenvalue weighted by Gasteiger charge is 2.16. The van der Waals surface area contributed by atoms with Crippen LogP contribution in [0.15, 0.2) is 28.8 Å². The van der Waals surface area contributed by atoms with Crippen molar-refractivity contribution in [1.82, 2.24) is 15.3 Å². The Morgan fingerprint density at radius 3 is 2.78 bits per heavy atom. The third-order valence-corrected chi connectivity index (χ3v) is 3.87. The Hall–Kier alpha value is -2.67. The number of hydrogen-bond donors (Lipinski definition) is 2. The summed E-state index contributed by atoms with van der Waals surface area (Å²) < 4.78 is 16.3. The number of fused-ring (bicyclic) bond motifs is 1. The second-order valence-electron chi connectivity index (χ2n) is 7.17. The van der Waals surface area contributed by atoms with E-state index in [9.17, 15) is 4.79 Å². The molecule has 8 heteroatoms. The van der Waals surface area contributed by atoms with E-state index in [4.69, 9.17) is 25.5 Å². The van der Waals surface area contributed by atoms with Crippen LogP contribution in [-0.2, 0) is 17.9 Å². The normalized spacial score (nSPS) is 11.6. The molecule has 1 aromatic carbocycles. The number of aromatic nitrogens is 2. The summed E-state index contributed by atoms with van der Waals surface area (Å²) in [5.74, 6) is 1.73. The lowest BCUT2D eigenvalue weighted by Gasteiger charge is -2.19. The number of amides is 1. The predicted molar refractivity (Wildman–Crippen MR) is 102 cm³/mol. The Bertz CT molecular complexity index is 956. The van der Waals surface area contributed by atoms with E-state index in [1.807, 2.05) is 39.8 Å². The second kappa shape index (κ2) is 7.52. The van der Waals surface area contributed by atoms with Gasteiger partial charge < -0.3 is 24.2 Å². The Balaban J connectivity index is 1.67. The van der Waals surface area contributed by atoms with Crippen molar-refractivity contribution in [2.45, 2.75) is 46.4 Å². The number of H-pyrrole nitrogens is 1. The van der Waals surface area contributed by atoms with Crippen molar-refractivity contribution in [3.8, 4) is 5.75 Å². The van der Waals surface area contributed by atoms with Crippen LogP contribution >= 0.6 is 11.6 Å². The highest BCUT2D eigenvalue weighted by molar-refractivity contribution is 6.32. The molecule has 1 amide bonds. The number of benzene rings is 1. The molecule has 0 aliphatic heterocycles. The van der Waals surface area contributed by atoms with Gasteiger partial charge in [0, 0.05) is 22.7 Å². The topological polar surface area (TPSA) is 89.4 Å². The van der Waals surface area contributed by atoms with Gasteiger partial charge in [0.2, 0.25) is 5.89 Å². The molecule has 2 aromatic heterocycles. The first-order chi connectivity index (χ1) is 12.7. The molecule has 2 heterocycles. The smallest absolute Gasteiger partial charge is 0.407 e. The lowest BCUT2D eigenvalue weighted by atomic mass is 10.2. The number of carbonyl (C=O) groups excluding carboxylic acids is 1. The number of hydrogen-bond acceptors (Lipinski definition) is 5. The molecular formula is C19H22ClN3O4. The molecule has 7 nitrogen and oxygen atoms in total. The average molecular weight is 392 g/mol. The van der Waals surface area contributed by atoms with Crippen LogP contribution in [0.1, 0.15) is 38.1 Å². The predicted octanol–water partition coefficient (Wildman–Crippen LogP) is 4.72. The number of oxazole rings is 1. The van der Waals surface area contributed by atoms with E-state index in [1.54, 1.807) is 12.3 Å². The van der Waals surface area contributed by atoms with Gasteiger partial charge in [0.15, 0.2) is 6.61 Å². The molecule has 0 atom stereocenters. The van der Waals surface area contributed by atoms with E-state index >= 15 is 0 Å². The number of ether oxygens (including phenoxy) is 2. The minimum Gasteiger partial charge on any atom is -0.482 e. The fraction of sp³-hybridized carbons (Fsp3) is 0.368. The van der Waals surface area contributed by atoms with Crippen molar-refractivity contribution >= 4 is 28.6 Å². The SMILES string of the molecule is Cc1cnc(COc2cc3[nH]c(CNC(=O)OC(C)(C)C)cc3cc2Cl)o1. The Labute approximate surface area is 162 Å². The van der Waals surface area contributed by atoms with Crippen molar-refractivity contribution in [2.75, 3.05) is 0 Å². The molecule has 0 radical (unpaired) electrons. The van der Waals surface area contributed by atoms with Crippen LogP contribution in [-0.4, -0.2) is 21.7 Å². The van der Waals surface area contributed by atoms with Crippen LogP contribution in [0.3, 0.4) is 0 Å². The molecule has 27 heavy (non-hydrogen) atoms. The van der Waals surface area contributed by atoms with Gasteiger partial charge >= 0.3 is 6.09 Å². The quantitative estimate of drug-likeness (QED) is 0.656. The zero-order valence-electron chi connectivity index (χ0n) is 15.7. The van der Waals surface area contributed by atoms with E-state index < -0.39 is 11.7 Å². The molecular weight excluding hydrogens is 370 g/mol. The largest absolute Gasteiger partial charge is 0.482 e. The van der Waals surface area contributed by atoms with Crippen LogP contribution in [0.5, 0.6) is 5.75 Å². The minimum absolute atomic E-state index is 0.187. The number of nitrogens with zero attached hydrogens (tertiary/aromatic N) is 1. The number of alkyl carbamates (subject to hydrolysis) is 1. The van der Waals surface area contributed by atoms with Crippen LogP contribution < -0.4 is 10.1 Å². The first-order valence-electron chi connectivity index (χ1n) is 8.52. The standard InChI is InChI=1S/C19H22ClN3O4/c1-11-8-21-17(26-11)10-25-16-7-15-12(6-14(16)20)5-13(23-15)9-22-18(24)27-19(2,3)4/h5-8,23H,9-10H2,1-4H3,(H,22,24). The van der Waals surface area contributed by atoms with Crippen LogP contribution in [0.4, 0.5) is 4.79 Å². The van der Waals surface area contributed by atoms with Gasteiger partial charge in [0.25, 0.3) is 0 Å². The molecule has 0 saturated carbocycles. The van der Waals surface area contributed by atoms with Gasteiger partial charge in [-0.05, 0) is 39.8 Å². The lowest BCUT2D eigenvalue weighted by Crippen LogP contribution is -2.32. The summed E-state index contributed by atoms with van der Waals surface area (Å²) in [7, 11) is 0. The fourth-order valence-corrected chi connectivity index (χ4v) is 2.71. The van der Waals surface area contributed by atoms with Crippen molar-refractivity contribution in [2.24, 2.45) is 0 Å². The highest BCUT2D eigenvalue weighted by atomic mass is 35.5. The van der Waals surface area contributed by atoms with Gasteiger partial charge in [-0.3, -0.25) is 0 Å². The summed E-state index contributed by atoms with van der Waals surface area (Å²) in [6.45, 7) is 7.77. The molecule has 2 N–H and O–H groups in total. The third-order valence-electron chi connectivity index (χ3n) is 3.57. The maximum Gasteiger partial charge on any atom is 0.407 e. The third kappa shape index (κ3) is 5.17. The van der Waals surface area contributed by atoms with Crippen molar-refractivity contribution < 1.29 is 18.7 Å². The zero-order chi connectivity index (χ0) is 19.6. The van der Waals surface area contributed by atoms with Crippen LogP contribution in [0.2, 0.25) is 5.02 Å². The molecule has 0 spiro atoms. The number of carbonyl (C=O) groups is 1. The van der Waals surface area contributed by atoms with E-state index in [0.29, 0.717) is 23.2 Å². The highest BCUT2D eigenvalue weighted by Crippen LogP contribution is 2.31. The Morgan fingerprint density at radius 2 is 2.11 bits per heavy atom. The Kier molecular flexibility index (Phi) is 5.32. The lowest BCUT2D eigenvalue weighted by molar-refractivity contribution is 0.0523. The summed E-state index contributed by atoms with van der Waals surface area (Å²) in [5.41, 5.74) is 1.14. The fourth-order valence-electron chi connectivity index (χ4n) is 2.49. The van der Waals surface area contributed by atoms with Crippen LogP contribution in [0, 0.1) is 6.92 Å². The van der Waals surface area contributed by atoms with E-state index in [2.05, 4.69) is 15.3 Å². The number of halogens is 1. The molecule has 0 fully saturated rings. The average Bonchev–Trinajstić information content (AvgIpc) is 3.14. The number of rotatable bonds is 5. The molecule has 144 valence electrons. The van der Waals surface area contributed by atoms with Gasteiger partial charge in [-0.25, -0.2) is 9.78 Å². The monoisotopic (exact) mass is 391 g/mol.